The molecule has 0 unspecified atom stereocenters. The molecule has 0 aromatic carbocycles. The fourth-order valence-corrected chi connectivity index (χ4v) is 2.44. The number of aromatic nitrogens is 3. The van der Waals surface area contributed by atoms with Crippen molar-refractivity contribution in [1.29, 1.82) is 0 Å². The Morgan fingerprint density at radius 1 is 1.38 bits per heavy atom. The van der Waals surface area contributed by atoms with Gasteiger partial charge in [-0.1, -0.05) is 11.3 Å². The molecular weight excluding hydrogens is 202 g/mol. The number of nitrogens with zero attached hydrogens (tertiary/aromatic N) is 3. The van der Waals surface area contributed by atoms with Crippen LogP contribution in [0.3, 0.4) is 0 Å². The van der Waals surface area contributed by atoms with Crippen molar-refractivity contribution >= 4 is 27.6 Å². The summed E-state index contributed by atoms with van der Waals surface area (Å²) in [4.78, 5) is 5.39. The van der Waals surface area contributed by atoms with Gasteiger partial charge in [-0.2, -0.15) is 16.4 Å². The maximum absolute atomic E-state index is 4.44. The van der Waals surface area contributed by atoms with Crippen molar-refractivity contribution in [2.45, 2.75) is 0 Å². The molecule has 0 bridgehead atoms. The molecule has 0 fully saturated rings. The van der Waals surface area contributed by atoms with Gasteiger partial charge in [0.25, 0.3) is 0 Å². The van der Waals surface area contributed by atoms with Gasteiger partial charge in [0.1, 0.15) is 5.51 Å². The fourth-order valence-electron chi connectivity index (χ4n) is 1.19. The average Bonchev–Trinajstić information content (AvgIpc) is 2.78. The molecule has 3 aromatic rings. The molecular formula is C8H5N3S2. The zero-order chi connectivity index (χ0) is 8.67. The summed E-state index contributed by atoms with van der Waals surface area (Å²) in [6.07, 6.45) is 1.95. The van der Waals surface area contributed by atoms with Crippen molar-refractivity contribution in [3.05, 3.63) is 28.5 Å². The fraction of sp³-hybridized carbons (Fsp3) is 0. The minimum Gasteiger partial charge on any atom is -0.217 e. The van der Waals surface area contributed by atoms with Gasteiger partial charge in [0.15, 0.2) is 0 Å². The van der Waals surface area contributed by atoms with Crippen LogP contribution in [0.25, 0.3) is 16.2 Å². The number of rotatable bonds is 1. The first kappa shape index (κ1) is 7.23. The second-order valence-corrected chi connectivity index (χ2v) is 4.20. The first-order valence-electron chi connectivity index (χ1n) is 3.75. The number of thiophene rings is 1. The molecule has 0 spiro atoms. The van der Waals surface area contributed by atoms with Gasteiger partial charge >= 0.3 is 0 Å². The Morgan fingerprint density at radius 3 is 3.15 bits per heavy atom. The van der Waals surface area contributed by atoms with Crippen LogP contribution in [0.5, 0.6) is 0 Å². The van der Waals surface area contributed by atoms with E-state index in [-0.39, 0.29) is 0 Å². The van der Waals surface area contributed by atoms with E-state index in [0.29, 0.717) is 0 Å². The van der Waals surface area contributed by atoms with Crippen LogP contribution in [0.15, 0.2) is 28.5 Å². The quantitative estimate of drug-likeness (QED) is 0.613. The van der Waals surface area contributed by atoms with Crippen LogP contribution >= 0.6 is 22.7 Å². The lowest BCUT2D eigenvalue weighted by atomic mass is 10.3. The Bertz CT molecular complexity index is 492. The topological polar surface area (TPSA) is 30.2 Å². The molecule has 0 amide bonds. The van der Waals surface area contributed by atoms with Crippen LogP contribution in [0, 0.1) is 0 Å². The summed E-state index contributed by atoms with van der Waals surface area (Å²) in [7, 11) is 0. The molecule has 0 saturated heterocycles. The lowest BCUT2D eigenvalue weighted by Gasteiger charge is -1.84. The van der Waals surface area contributed by atoms with Gasteiger partial charge in [0, 0.05) is 10.9 Å². The molecule has 3 nitrogen and oxygen atoms in total. The number of fused-ring (bicyclic) bond motifs is 1. The van der Waals surface area contributed by atoms with Crippen LogP contribution in [-0.2, 0) is 0 Å². The summed E-state index contributed by atoms with van der Waals surface area (Å²) >= 11 is 3.23. The summed E-state index contributed by atoms with van der Waals surface area (Å²) in [6, 6.07) is 2.07. The monoisotopic (exact) mass is 207 g/mol. The molecule has 0 saturated carbocycles. The molecule has 0 aliphatic rings. The molecule has 3 aromatic heterocycles. The Labute approximate surface area is 82.3 Å². The predicted molar refractivity (Wildman–Crippen MR) is 54.2 cm³/mol. The van der Waals surface area contributed by atoms with Crippen molar-refractivity contribution < 1.29 is 0 Å². The van der Waals surface area contributed by atoms with E-state index < -0.39 is 0 Å². The van der Waals surface area contributed by atoms with E-state index in [0.717, 1.165) is 10.7 Å². The molecule has 0 atom stereocenters. The highest BCUT2D eigenvalue weighted by Crippen LogP contribution is 2.22. The van der Waals surface area contributed by atoms with E-state index in [2.05, 4.69) is 26.9 Å². The zero-order valence-electron chi connectivity index (χ0n) is 6.54. The van der Waals surface area contributed by atoms with E-state index in [4.69, 9.17) is 0 Å². The zero-order valence-corrected chi connectivity index (χ0v) is 8.18. The van der Waals surface area contributed by atoms with E-state index in [1.54, 1.807) is 32.7 Å². The van der Waals surface area contributed by atoms with Crippen LogP contribution in [0.2, 0.25) is 0 Å². The van der Waals surface area contributed by atoms with Crippen molar-refractivity contribution in [1.82, 2.24) is 14.6 Å². The lowest BCUT2D eigenvalue weighted by molar-refractivity contribution is 0.974. The van der Waals surface area contributed by atoms with Gasteiger partial charge in [-0.3, -0.25) is 0 Å². The predicted octanol–water partition coefficient (Wildman–Crippen LogP) is 2.52. The molecule has 13 heavy (non-hydrogen) atoms. The third-order valence-electron chi connectivity index (χ3n) is 1.80. The summed E-state index contributed by atoms with van der Waals surface area (Å²) in [5, 5.41) is 8.27. The highest BCUT2D eigenvalue weighted by molar-refractivity contribution is 7.14. The maximum atomic E-state index is 4.44. The summed E-state index contributed by atoms with van der Waals surface area (Å²) in [5.74, 6) is 0. The Kier molecular flexibility index (Phi) is 1.47. The SMILES string of the molecule is c1cc(-c2cn3ncsc3n2)cs1. The van der Waals surface area contributed by atoms with Crippen LogP contribution < -0.4 is 0 Å². The van der Waals surface area contributed by atoms with Crippen molar-refractivity contribution in [2.75, 3.05) is 0 Å². The molecule has 3 rings (SSSR count). The number of hydrogen-bond donors (Lipinski definition) is 0. The largest absolute Gasteiger partial charge is 0.217 e. The van der Waals surface area contributed by atoms with Gasteiger partial charge in [0.05, 0.1) is 11.9 Å². The van der Waals surface area contributed by atoms with Crippen LogP contribution in [0.4, 0.5) is 0 Å². The van der Waals surface area contributed by atoms with Gasteiger partial charge in [0.2, 0.25) is 4.96 Å². The third-order valence-corrected chi connectivity index (χ3v) is 3.18. The first-order chi connectivity index (χ1) is 6.43. The molecule has 5 heteroatoms. The highest BCUT2D eigenvalue weighted by atomic mass is 32.1. The highest BCUT2D eigenvalue weighted by Gasteiger charge is 2.05. The van der Waals surface area contributed by atoms with E-state index >= 15 is 0 Å². The second-order valence-electron chi connectivity index (χ2n) is 2.60. The first-order valence-corrected chi connectivity index (χ1v) is 5.57. The molecule has 0 aliphatic heterocycles. The van der Waals surface area contributed by atoms with E-state index in [9.17, 15) is 0 Å². The van der Waals surface area contributed by atoms with Crippen molar-refractivity contribution in [2.24, 2.45) is 0 Å². The summed E-state index contributed by atoms with van der Waals surface area (Å²) in [5.41, 5.74) is 3.96. The number of imidazole rings is 1. The van der Waals surface area contributed by atoms with E-state index in [1.807, 2.05) is 6.20 Å². The van der Waals surface area contributed by atoms with Crippen LogP contribution in [-0.4, -0.2) is 14.6 Å². The van der Waals surface area contributed by atoms with Gasteiger partial charge in [-0.15, -0.1) is 0 Å². The molecule has 64 valence electrons. The minimum absolute atomic E-state index is 0.946. The van der Waals surface area contributed by atoms with Crippen molar-refractivity contribution in [3.63, 3.8) is 0 Å². The minimum atomic E-state index is 0.946. The molecule has 0 aliphatic carbocycles. The normalized spacial score (nSPS) is 11.1. The average molecular weight is 207 g/mol. The Balaban J connectivity index is 2.23. The molecule has 3 heterocycles. The van der Waals surface area contributed by atoms with Crippen LogP contribution in [0.1, 0.15) is 0 Å². The van der Waals surface area contributed by atoms with E-state index in [1.165, 1.54) is 5.56 Å². The smallest absolute Gasteiger partial charge is 0.212 e. The van der Waals surface area contributed by atoms with Gasteiger partial charge in [-0.05, 0) is 11.4 Å². The Hall–Kier alpha value is -1.20. The lowest BCUT2D eigenvalue weighted by Crippen LogP contribution is -1.75. The molecule has 0 N–H and O–H groups in total. The summed E-state index contributed by atoms with van der Waals surface area (Å²) < 4.78 is 1.80. The van der Waals surface area contributed by atoms with Gasteiger partial charge < -0.3 is 0 Å². The molecule has 0 radical (unpaired) electrons. The Morgan fingerprint density at radius 2 is 2.38 bits per heavy atom. The maximum Gasteiger partial charge on any atom is 0.212 e. The summed E-state index contributed by atoms with van der Waals surface area (Å²) in [6.45, 7) is 0. The third kappa shape index (κ3) is 1.08. The number of hydrogen-bond acceptors (Lipinski definition) is 4. The van der Waals surface area contributed by atoms with Gasteiger partial charge in [-0.25, -0.2) is 9.50 Å². The second kappa shape index (κ2) is 2.65. The standard InChI is InChI=1S/C8H5N3S2/c1-2-12-4-6(1)7-3-11-8(10-7)13-5-9-11/h1-5H. The van der Waals surface area contributed by atoms with Crippen molar-refractivity contribution in [3.8, 4) is 11.3 Å².